The zero-order valence-corrected chi connectivity index (χ0v) is 11.1. The lowest BCUT2D eigenvalue weighted by molar-refractivity contribution is 0.185. The Morgan fingerprint density at radius 3 is 2.65 bits per heavy atom. The standard InChI is InChI=1S/C14H26N2O/c1-16(10-6-3-7-11-17)14-9-5-2-4-8-13(14)12-15/h13-14,17H,2-11H2,1H3. The highest BCUT2D eigenvalue weighted by Crippen LogP contribution is 2.26. The van der Waals surface area contributed by atoms with Gasteiger partial charge in [0.15, 0.2) is 0 Å². The van der Waals surface area contributed by atoms with Gasteiger partial charge in [0.1, 0.15) is 0 Å². The van der Waals surface area contributed by atoms with Crippen LogP contribution in [0.5, 0.6) is 0 Å². The van der Waals surface area contributed by atoms with Crippen molar-refractivity contribution in [1.82, 2.24) is 4.90 Å². The Labute approximate surface area is 105 Å². The van der Waals surface area contributed by atoms with Gasteiger partial charge in [0.05, 0.1) is 12.0 Å². The first-order chi connectivity index (χ1) is 8.29. The van der Waals surface area contributed by atoms with Crippen LogP contribution >= 0.6 is 0 Å². The summed E-state index contributed by atoms with van der Waals surface area (Å²) in [6.45, 7) is 1.36. The first kappa shape index (κ1) is 14.5. The quantitative estimate of drug-likeness (QED) is 0.571. The van der Waals surface area contributed by atoms with Crippen LogP contribution in [0.1, 0.15) is 51.4 Å². The van der Waals surface area contributed by atoms with E-state index in [0.717, 1.165) is 32.2 Å². The predicted octanol–water partition coefficient (Wildman–Crippen LogP) is 2.55. The molecule has 3 heteroatoms. The molecule has 0 aromatic heterocycles. The summed E-state index contributed by atoms with van der Waals surface area (Å²) < 4.78 is 0. The summed E-state index contributed by atoms with van der Waals surface area (Å²) in [5.74, 6) is 0.223. The monoisotopic (exact) mass is 238 g/mol. The molecule has 0 bridgehead atoms. The van der Waals surface area contributed by atoms with E-state index in [1.165, 1.54) is 25.7 Å². The van der Waals surface area contributed by atoms with Crippen LogP contribution in [-0.2, 0) is 0 Å². The topological polar surface area (TPSA) is 47.3 Å². The fourth-order valence-corrected chi connectivity index (χ4v) is 2.78. The second-order valence-electron chi connectivity index (χ2n) is 5.21. The lowest BCUT2D eigenvalue weighted by Gasteiger charge is -2.30. The van der Waals surface area contributed by atoms with E-state index in [1.54, 1.807) is 0 Å². The molecule has 17 heavy (non-hydrogen) atoms. The molecule has 1 N–H and O–H groups in total. The van der Waals surface area contributed by atoms with Crippen LogP contribution in [0.25, 0.3) is 0 Å². The zero-order chi connectivity index (χ0) is 12.5. The highest BCUT2D eigenvalue weighted by molar-refractivity contribution is 4.93. The number of hydrogen-bond donors (Lipinski definition) is 1. The normalized spacial score (nSPS) is 25.5. The van der Waals surface area contributed by atoms with Crippen molar-refractivity contribution in [2.24, 2.45) is 5.92 Å². The average Bonchev–Trinajstić information content (AvgIpc) is 2.59. The van der Waals surface area contributed by atoms with Crippen LogP contribution in [0.3, 0.4) is 0 Å². The minimum atomic E-state index is 0.223. The predicted molar refractivity (Wildman–Crippen MR) is 69.5 cm³/mol. The van der Waals surface area contributed by atoms with E-state index in [1.807, 2.05) is 0 Å². The third-order valence-corrected chi connectivity index (χ3v) is 3.88. The van der Waals surface area contributed by atoms with Crippen LogP contribution in [-0.4, -0.2) is 36.2 Å². The molecule has 0 radical (unpaired) electrons. The van der Waals surface area contributed by atoms with E-state index in [9.17, 15) is 5.26 Å². The molecule has 3 nitrogen and oxygen atoms in total. The van der Waals surface area contributed by atoms with Gasteiger partial charge >= 0.3 is 0 Å². The van der Waals surface area contributed by atoms with Crippen LogP contribution in [0.4, 0.5) is 0 Å². The fraction of sp³-hybridized carbons (Fsp3) is 0.929. The van der Waals surface area contributed by atoms with E-state index in [-0.39, 0.29) is 5.92 Å². The molecule has 2 atom stereocenters. The van der Waals surface area contributed by atoms with Crippen LogP contribution in [0.2, 0.25) is 0 Å². The number of nitriles is 1. The number of rotatable bonds is 6. The molecule has 1 aliphatic carbocycles. The van der Waals surface area contributed by atoms with Gasteiger partial charge in [-0.2, -0.15) is 5.26 Å². The van der Waals surface area contributed by atoms with Crippen LogP contribution in [0, 0.1) is 17.2 Å². The SMILES string of the molecule is CN(CCCCCO)C1CCCCCC1C#N. The molecule has 0 spiro atoms. The molecule has 1 fully saturated rings. The summed E-state index contributed by atoms with van der Waals surface area (Å²) in [5.41, 5.74) is 0. The Morgan fingerprint density at radius 1 is 1.18 bits per heavy atom. The van der Waals surface area contributed by atoms with Gasteiger partial charge in [0, 0.05) is 12.6 Å². The lowest BCUT2D eigenvalue weighted by atomic mass is 9.95. The van der Waals surface area contributed by atoms with E-state index >= 15 is 0 Å². The Bertz CT molecular complexity index is 237. The van der Waals surface area contributed by atoms with Crippen LogP contribution < -0.4 is 0 Å². The summed E-state index contributed by atoms with van der Waals surface area (Å²) in [5, 5.41) is 18.0. The maximum absolute atomic E-state index is 9.24. The molecule has 0 aromatic rings. The van der Waals surface area contributed by atoms with Crippen LogP contribution in [0.15, 0.2) is 0 Å². The van der Waals surface area contributed by atoms with Gasteiger partial charge in [-0.05, 0) is 45.7 Å². The number of nitrogens with zero attached hydrogens (tertiary/aromatic N) is 2. The summed E-state index contributed by atoms with van der Waals surface area (Å²) in [4.78, 5) is 2.37. The maximum Gasteiger partial charge on any atom is 0.0672 e. The van der Waals surface area contributed by atoms with Gasteiger partial charge in [-0.15, -0.1) is 0 Å². The first-order valence-electron chi connectivity index (χ1n) is 7.00. The second kappa shape index (κ2) is 8.49. The van der Waals surface area contributed by atoms with Gasteiger partial charge in [-0.25, -0.2) is 0 Å². The van der Waals surface area contributed by atoms with Crippen molar-refractivity contribution in [2.45, 2.75) is 57.4 Å². The minimum absolute atomic E-state index is 0.223. The average molecular weight is 238 g/mol. The molecular weight excluding hydrogens is 212 g/mol. The van der Waals surface area contributed by atoms with Crippen molar-refractivity contribution in [2.75, 3.05) is 20.2 Å². The molecule has 0 aliphatic heterocycles. The maximum atomic E-state index is 9.24. The molecule has 2 unspecified atom stereocenters. The number of aliphatic hydroxyl groups is 1. The molecule has 0 aromatic carbocycles. The largest absolute Gasteiger partial charge is 0.396 e. The highest BCUT2D eigenvalue weighted by atomic mass is 16.2. The first-order valence-corrected chi connectivity index (χ1v) is 7.00. The summed E-state index contributed by atoms with van der Waals surface area (Å²) >= 11 is 0. The van der Waals surface area contributed by atoms with Crippen molar-refractivity contribution < 1.29 is 5.11 Å². The number of unbranched alkanes of at least 4 members (excludes halogenated alkanes) is 2. The number of hydrogen-bond acceptors (Lipinski definition) is 3. The third kappa shape index (κ3) is 5.06. The second-order valence-corrected chi connectivity index (χ2v) is 5.21. The van der Waals surface area contributed by atoms with E-state index in [4.69, 9.17) is 5.11 Å². The van der Waals surface area contributed by atoms with Crippen molar-refractivity contribution in [3.8, 4) is 6.07 Å². The fourth-order valence-electron chi connectivity index (χ4n) is 2.78. The lowest BCUT2D eigenvalue weighted by Crippen LogP contribution is -2.37. The van der Waals surface area contributed by atoms with E-state index in [2.05, 4.69) is 18.0 Å². The molecule has 0 heterocycles. The summed E-state index contributed by atoms with van der Waals surface area (Å²) in [6, 6.07) is 2.95. The van der Waals surface area contributed by atoms with Crippen molar-refractivity contribution in [3.63, 3.8) is 0 Å². The third-order valence-electron chi connectivity index (χ3n) is 3.88. The van der Waals surface area contributed by atoms with Crippen molar-refractivity contribution >= 4 is 0 Å². The molecule has 0 amide bonds. The van der Waals surface area contributed by atoms with Gasteiger partial charge in [0.25, 0.3) is 0 Å². The number of aliphatic hydroxyl groups excluding tert-OH is 1. The molecule has 0 saturated heterocycles. The smallest absolute Gasteiger partial charge is 0.0672 e. The molecular formula is C14H26N2O. The van der Waals surface area contributed by atoms with Gasteiger partial charge < -0.3 is 10.0 Å². The van der Waals surface area contributed by atoms with Crippen molar-refractivity contribution in [3.05, 3.63) is 0 Å². The van der Waals surface area contributed by atoms with Gasteiger partial charge in [-0.3, -0.25) is 0 Å². The Hall–Kier alpha value is -0.590. The molecule has 98 valence electrons. The van der Waals surface area contributed by atoms with E-state index < -0.39 is 0 Å². The zero-order valence-electron chi connectivity index (χ0n) is 11.1. The van der Waals surface area contributed by atoms with Gasteiger partial charge in [0.2, 0.25) is 0 Å². The Kier molecular flexibility index (Phi) is 7.23. The van der Waals surface area contributed by atoms with Crippen molar-refractivity contribution in [1.29, 1.82) is 5.26 Å². The van der Waals surface area contributed by atoms with Gasteiger partial charge in [-0.1, -0.05) is 19.3 Å². The molecule has 1 aliphatic rings. The Balaban J connectivity index is 2.36. The highest BCUT2D eigenvalue weighted by Gasteiger charge is 2.26. The molecule has 1 saturated carbocycles. The summed E-state index contributed by atoms with van der Waals surface area (Å²) in [7, 11) is 2.15. The minimum Gasteiger partial charge on any atom is -0.396 e. The summed E-state index contributed by atoms with van der Waals surface area (Å²) in [6.07, 6.45) is 9.14. The van der Waals surface area contributed by atoms with E-state index in [0.29, 0.717) is 12.6 Å². The Morgan fingerprint density at radius 2 is 1.94 bits per heavy atom. The molecule has 1 rings (SSSR count).